The van der Waals surface area contributed by atoms with Crippen LogP contribution in [-0.4, -0.2) is 9.97 Å². The maximum absolute atomic E-state index is 4.96. The molecule has 0 aliphatic rings. The van der Waals surface area contributed by atoms with E-state index in [1.165, 1.54) is 11.1 Å². The normalized spacial score (nSPS) is 12.2. The second-order valence-corrected chi connectivity index (χ2v) is 11.5. The van der Waals surface area contributed by atoms with Crippen LogP contribution in [0.15, 0.2) is 84.9 Å². The number of anilines is 4. The molecule has 0 aliphatic carbocycles. The van der Waals surface area contributed by atoms with Crippen molar-refractivity contribution in [3.63, 3.8) is 0 Å². The van der Waals surface area contributed by atoms with Crippen LogP contribution in [0.4, 0.5) is 23.0 Å². The zero-order valence-corrected chi connectivity index (χ0v) is 22.0. The van der Waals surface area contributed by atoms with Crippen LogP contribution in [-0.2, 0) is 10.8 Å². The first-order valence-electron chi connectivity index (χ1n) is 12.5. The molecule has 182 valence electrons. The minimum atomic E-state index is 0.130. The minimum absolute atomic E-state index is 0.130. The van der Waals surface area contributed by atoms with Gasteiger partial charge in [0.25, 0.3) is 0 Å². The van der Waals surface area contributed by atoms with E-state index in [9.17, 15) is 0 Å². The van der Waals surface area contributed by atoms with Crippen LogP contribution < -0.4 is 10.6 Å². The Morgan fingerprint density at radius 3 is 1.11 bits per heavy atom. The molecular weight excluding hydrogens is 440 g/mol. The number of nitrogens with zero attached hydrogens (tertiary/aromatic N) is 2. The average molecular weight is 475 g/mol. The highest BCUT2D eigenvalue weighted by atomic mass is 15.0. The molecule has 36 heavy (non-hydrogen) atoms. The lowest BCUT2D eigenvalue weighted by Crippen LogP contribution is -2.10. The average Bonchev–Trinajstić information content (AvgIpc) is 2.83. The van der Waals surface area contributed by atoms with Crippen LogP contribution in [0.25, 0.3) is 21.8 Å². The zero-order chi connectivity index (χ0) is 25.5. The fourth-order valence-electron chi connectivity index (χ4n) is 4.31. The summed E-state index contributed by atoms with van der Waals surface area (Å²) in [6, 6.07) is 29.6. The van der Waals surface area contributed by atoms with Crippen molar-refractivity contribution in [3.8, 4) is 0 Å². The van der Waals surface area contributed by atoms with Gasteiger partial charge in [-0.25, -0.2) is 9.97 Å². The Bertz CT molecular complexity index is 1400. The van der Waals surface area contributed by atoms with Gasteiger partial charge in [-0.05, 0) is 70.5 Å². The number of pyridine rings is 2. The largest absolute Gasteiger partial charge is 0.340 e. The number of aromatic nitrogens is 2. The summed E-state index contributed by atoms with van der Waals surface area (Å²) >= 11 is 0. The monoisotopic (exact) mass is 474 g/mol. The third-order valence-electron chi connectivity index (χ3n) is 6.57. The predicted molar refractivity (Wildman–Crippen MR) is 154 cm³/mol. The highest BCUT2D eigenvalue weighted by Crippen LogP contribution is 2.29. The van der Waals surface area contributed by atoms with Gasteiger partial charge in [-0.3, -0.25) is 0 Å². The van der Waals surface area contributed by atoms with E-state index in [1.807, 2.05) is 12.1 Å². The van der Waals surface area contributed by atoms with E-state index in [1.54, 1.807) is 0 Å². The van der Waals surface area contributed by atoms with Crippen molar-refractivity contribution in [3.05, 3.63) is 96.1 Å². The summed E-state index contributed by atoms with van der Waals surface area (Å²) < 4.78 is 0. The molecule has 4 heteroatoms. The second-order valence-electron chi connectivity index (χ2n) is 11.5. The number of hydrogen-bond donors (Lipinski definition) is 2. The molecule has 2 N–H and O–H groups in total. The van der Waals surface area contributed by atoms with Gasteiger partial charge in [0.1, 0.15) is 11.6 Å². The second kappa shape index (κ2) is 8.94. The predicted octanol–water partition coefficient (Wildman–Crippen LogP) is 8.87. The molecule has 0 unspecified atom stereocenters. The highest BCUT2D eigenvalue weighted by Gasteiger charge is 2.14. The standard InChI is InChI=1S/C32H34N4/c1-31(2,3)23-11-15-25(16-12-23)33-27-19-9-21-7-8-22-10-20-28(36-30(22)29(21)35-27)34-26-17-13-24(14-18-26)32(4,5)6/h7-20H,1-6H3,(H,33,35)(H,34,36). The smallest absolute Gasteiger partial charge is 0.131 e. The van der Waals surface area contributed by atoms with E-state index in [0.29, 0.717) is 0 Å². The van der Waals surface area contributed by atoms with Crippen molar-refractivity contribution in [2.75, 3.05) is 10.6 Å². The molecule has 2 heterocycles. The molecule has 4 nitrogen and oxygen atoms in total. The lowest BCUT2D eigenvalue weighted by molar-refractivity contribution is 0.590. The van der Waals surface area contributed by atoms with Crippen LogP contribution in [0.5, 0.6) is 0 Å². The third-order valence-corrected chi connectivity index (χ3v) is 6.57. The van der Waals surface area contributed by atoms with Crippen molar-refractivity contribution in [2.24, 2.45) is 0 Å². The Balaban J connectivity index is 1.45. The van der Waals surface area contributed by atoms with E-state index < -0.39 is 0 Å². The van der Waals surface area contributed by atoms with Gasteiger partial charge < -0.3 is 10.6 Å². The van der Waals surface area contributed by atoms with Gasteiger partial charge >= 0.3 is 0 Å². The van der Waals surface area contributed by atoms with Crippen molar-refractivity contribution in [2.45, 2.75) is 52.4 Å². The first kappa shape index (κ1) is 23.8. The first-order chi connectivity index (χ1) is 17.1. The van der Waals surface area contributed by atoms with E-state index in [0.717, 1.165) is 44.8 Å². The van der Waals surface area contributed by atoms with Gasteiger partial charge in [-0.2, -0.15) is 0 Å². The quantitative estimate of drug-likeness (QED) is 0.255. The SMILES string of the molecule is CC(C)(C)c1ccc(Nc2ccc3ccc4ccc(Nc5ccc(C(C)(C)C)cc5)nc4c3n2)cc1. The molecule has 3 aromatic carbocycles. The zero-order valence-electron chi connectivity index (χ0n) is 22.0. The molecule has 0 saturated carbocycles. The summed E-state index contributed by atoms with van der Waals surface area (Å²) in [6.07, 6.45) is 0. The Kier molecular flexibility index (Phi) is 5.91. The van der Waals surface area contributed by atoms with Crippen LogP contribution in [0, 0.1) is 0 Å². The lowest BCUT2D eigenvalue weighted by Gasteiger charge is -2.19. The minimum Gasteiger partial charge on any atom is -0.340 e. The maximum atomic E-state index is 4.96. The fourth-order valence-corrected chi connectivity index (χ4v) is 4.31. The lowest BCUT2D eigenvalue weighted by atomic mass is 9.87. The number of hydrogen-bond acceptors (Lipinski definition) is 4. The summed E-state index contributed by atoms with van der Waals surface area (Å²) in [5.74, 6) is 1.60. The van der Waals surface area contributed by atoms with Crippen molar-refractivity contribution < 1.29 is 0 Å². The summed E-state index contributed by atoms with van der Waals surface area (Å²) in [5.41, 5.74) is 6.68. The van der Waals surface area contributed by atoms with E-state index in [-0.39, 0.29) is 10.8 Å². The molecule has 0 radical (unpaired) electrons. The van der Waals surface area contributed by atoms with Gasteiger partial charge in [-0.1, -0.05) is 77.9 Å². The van der Waals surface area contributed by atoms with E-state index in [4.69, 9.17) is 9.97 Å². The van der Waals surface area contributed by atoms with Crippen LogP contribution in [0.2, 0.25) is 0 Å². The van der Waals surface area contributed by atoms with Gasteiger partial charge in [0.05, 0.1) is 11.0 Å². The topological polar surface area (TPSA) is 49.8 Å². The van der Waals surface area contributed by atoms with Crippen LogP contribution in [0.1, 0.15) is 52.7 Å². The molecule has 0 atom stereocenters. The highest BCUT2D eigenvalue weighted by molar-refractivity contribution is 6.03. The Labute approximate surface area is 213 Å². The van der Waals surface area contributed by atoms with Crippen LogP contribution in [0.3, 0.4) is 0 Å². The van der Waals surface area contributed by atoms with Gasteiger partial charge in [0, 0.05) is 22.1 Å². The van der Waals surface area contributed by atoms with E-state index >= 15 is 0 Å². The number of fused-ring (bicyclic) bond motifs is 3. The van der Waals surface area contributed by atoms with E-state index in [2.05, 4.69) is 125 Å². The molecule has 5 rings (SSSR count). The van der Waals surface area contributed by atoms with Crippen LogP contribution >= 0.6 is 0 Å². The van der Waals surface area contributed by atoms with Gasteiger partial charge in [-0.15, -0.1) is 0 Å². The summed E-state index contributed by atoms with van der Waals surface area (Å²) in [7, 11) is 0. The molecule has 2 aromatic heterocycles. The summed E-state index contributed by atoms with van der Waals surface area (Å²) in [5, 5.41) is 9.04. The fraction of sp³-hybridized carbons (Fsp3) is 0.250. The molecule has 0 bridgehead atoms. The third kappa shape index (κ3) is 5.03. The molecule has 0 spiro atoms. The number of nitrogens with one attached hydrogen (secondary N) is 2. The molecule has 0 fully saturated rings. The Morgan fingerprint density at radius 2 is 0.778 bits per heavy atom. The number of benzene rings is 3. The van der Waals surface area contributed by atoms with Gasteiger partial charge in [0.2, 0.25) is 0 Å². The molecule has 0 amide bonds. The Hall–Kier alpha value is -3.92. The number of rotatable bonds is 4. The summed E-state index contributed by atoms with van der Waals surface area (Å²) in [6.45, 7) is 13.3. The molecular formula is C32H34N4. The van der Waals surface area contributed by atoms with Crippen molar-refractivity contribution in [1.29, 1.82) is 0 Å². The molecule has 0 aliphatic heterocycles. The molecule has 5 aromatic rings. The van der Waals surface area contributed by atoms with Crippen molar-refractivity contribution >= 4 is 44.8 Å². The van der Waals surface area contributed by atoms with Crippen molar-refractivity contribution in [1.82, 2.24) is 9.97 Å². The maximum Gasteiger partial charge on any atom is 0.131 e. The van der Waals surface area contributed by atoms with Gasteiger partial charge in [0.15, 0.2) is 0 Å². The molecule has 0 saturated heterocycles. The Morgan fingerprint density at radius 1 is 0.444 bits per heavy atom. The first-order valence-corrected chi connectivity index (χ1v) is 12.5. The summed E-state index contributed by atoms with van der Waals surface area (Å²) in [4.78, 5) is 9.91.